The number of benzene rings is 1. The van der Waals surface area contributed by atoms with E-state index in [4.69, 9.17) is 9.47 Å². The minimum Gasteiger partial charge on any atom is -0.436 e. The van der Waals surface area contributed by atoms with Crippen LogP contribution in [-0.4, -0.2) is 55.3 Å². The fourth-order valence-electron chi connectivity index (χ4n) is 2.76. The fraction of sp³-hybridized carbons (Fsp3) is 0.467. The molecule has 2 fully saturated rings. The van der Waals surface area contributed by atoms with Crippen molar-refractivity contribution in [3.05, 3.63) is 30.3 Å². The Balaban J connectivity index is 1.83. The van der Waals surface area contributed by atoms with Crippen molar-refractivity contribution >= 4 is 17.7 Å². The van der Waals surface area contributed by atoms with Crippen molar-refractivity contribution in [3.63, 3.8) is 0 Å². The van der Waals surface area contributed by atoms with Crippen LogP contribution in [0.2, 0.25) is 0 Å². The van der Waals surface area contributed by atoms with E-state index < -0.39 is 11.7 Å². The fourth-order valence-corrected chi connectivity index (χ4v) is 2.76. The van der Waals surface area contributed by atoms with Crippen molar-refractivity contribution < 1.29 is 19.1 Å². The summed E-state index contributed by atoms with van der Waals surface area (Å²) >= 11 is 0. The molecule has 1 aromatic carbocycles. The van der Waals surface area contributed by atoms with Gasteiger partial charge in [0.05, 0.1) is 26.3 Å². The highest BCUT2D eigenvalue weighted by atomic mass is 16.6. The first-order chi connectivity index (χ1) is 10.1. The maximum Gasteiger partial charge on any atom is 0.415 e. The first-order valence-corrected chi connectivity index (χ1v) is 6.98. The lowest BCUT2D eigenvalue weighted by Gasteiger charge is -2.29. The second-order valence-corrected chi connectivity index (χ2v) is 5.47. The Bertz CT molecular complexity index is 548. The summed E-state index contributed by atoms with van der Waals surface area (Å²) in [5, 5.41) is 0. The van der Waals surface area contributed by atoms with Crippen LogP contribution in [0.5, 0.6) is 0 Å². The van der Waals surface area contributed by atoms with Crippen LogP contribution in [0.15, 0.2) is 30.3 Å². The minimum absolute atomic E-state index is 0.0333. The number of anilines is 1. The molecule has 1 aromatic rings. The van der Waals surface area contributed by atoms with Crippen molar-refractivity contribution in [2.24, 2.45) is 0 Å². The lowest BCUT2D eigenvalue weighted by Crippen LogP contribution is -2.48. The second-order valence-electron chi connectivity index (χ2n) is 5.47. The minimum atomic E-state index is -0.783. The van der Waals surface area contributed by atoms with E-state index in [0.717, 1.165) is 5.69 Å². The second kappa shape index (κ2) is 5.37. The van der Waals surface area contributed by atoms with Gasteiger partial charge in [0, 0.05) is 19.2 Å². The van der Waals surface area contributed by atoms with Gasteiger partial charge in [-0.05, 0) is 12.1 Å². The van der Waals surface area contributed by atoms with E-state index in [1.807, 2.05) is 30.3 Å². The van der Waals surface area contributed by atoms with Crippen LogP contribution < -0.4 is 4.90 Å². The van der Waals surface area contributed by atoms with Crippen molar-refractivity contribution in [3.8, 4) is 0 Å². The number of hydrogen-bond donors (Lipinski definition) is 0. The van der Waals surface area contributed by atoms with E-state index >= 15 is 0 Å². The molecule has 3 rings (SSSR count). The number of carbonyl (C=O) groups excluding carboxylic acids is 2. The molecule has 2 heterocycles. The van der Waals surface area contributed by atoms with Gasteiger partial charge < -0.3 is 14.4 Å². The first-order valence-electron chi connectivity index (χ1n) is 6.98. The van der Waals surface area contributed by atoms with Crippen LogP contribution in [0.25, 0.3) is 0 Å². The Hall–Kier alpha value is -2.08. The number of ether oxygens (including phenoxy) is 2. The molecule has 1 spiro atoms. The zero-order chi connectivity index (χ0) is 14.9. The lowest BCUT2D eigenvalue weighted by molar-refractivity contribution is -0.130. The molecule has 6 heteroatoms. The van der Waals surface area contributed by atoms with Gasteiger partial charge in [-0.2, -0.15) is 0 Å². The van der Waals surface area contributed by atoms with Gasteiger partial charge >= 0.3 is 6.09 Å². The summed E-state index contributed by atoms with van der Waals surface area (Å²) in [6.07, 6.45) is -0.393. The number of carbonyl (C=O) groups is 2. The number of amides is 2. The van der Waals surface area contributed by atoms with Gasteiger partial charge in [0.2, 0.25) is 5.91 Å². The molecular weight excluding hydrogens is 272 g/mol. The molecule has 0 aromatic heterocycles. The van der Waals surface area contributed by atoms with Crippen LogP contribution in [0.3, 0.4) is 0 Å². The van der Waals surface area contributed by atoms with Gasteiger partial charge in [-0.25, -0.2) is 4.79 Å². The predicted molar refractivity (Wildman–Crippen MR) is 76.1 cm³/mol. The number of para-hydroxylation sites is 1. The van der Waals surface area contributed by atoms with E-state index in [0.29, 0.717) is 32.8 Å². The molecule has 1 atom stereocenters. The molecule has 0 unspecified atom stereocenters. The van der Waals surface area contributed by atoms with Crippen molar-refractivity contribution in [1.29, 1.82) is 0 Å². The monoisotopic (exact) mass is 290 g/mol. The number of rotatable bonds is 1. The van der Waals surface area contributed by atoms with Gasteiger partial charge in [-0.15, -0.1) is 0 Å². The summed E-state index contributed by atoms with van der Waals surface area (Å²) in [7, 11) is 0. The van der Waals surface area contributed by atoms with Crippen LogP contribution in [0.1, 0.15) is 6.92 Å². The van der Waals surface area contributed by atoms with Gasteiger partial charge in [-0.1, -0.05) is 18.2 Å². The van der Waals surface area contributed by atoms with E-state index in [-0.39, 0.29) is 5.91 Å². The molecule has 2 amide bonds. The predicted octanol–water partition coefficient (Wildman–Crippen LogP) is 1.26. The Labute approximate surface area is 123 Å². The summed E-state index contributed by atoms with van der Waals surface area (Å²) in [5.74, 6) is -0.0333. The summed E-state index contributed by atoms with van der Waals surface area (Å²) < 4.78 is 11.1. The SMILES string of the molecule is CC(=O)N1CCOC[C@@]2(C1)CN(c1ccccc1)C(=O)O2. The molecule has 21 heavy (non-hydrogen) atoms. The van der Waals surface area contributed by atoms with Crippen LogP contribution in [0, 0.1) is 0 Å². The molecule has 112 valence electrons. The van der Waals surface area contributed by atoms with E-state index in [2.05, 4.69) is 0 Å². The number of hydrogen-bond acceptors (Lipinski definition) is 4. The smallest absolute Gasteiger partial charge is 0.415 e. The third-order valence-corrected chi connectivity index (χ3v) is 3.83. The average Bonchev–Trinajstić information content (AvgIpc) is 2.66. The molecule has 0 saturated carbocycles. The molecule has 6 nitrogen and oxygen atoms in total. The maximum atomic E-state index is 12.2. The molecule has 0 radical (unpaired) electrons. The Morgan fingerprint density at radius 1 is 1.24 bits per heavy atom. The van der Waals surface area contributed by atoms with Crippen LogP contribution in [-0.2, 0) is 14.3 Å². The Morgan fingerprint density at radius 2 is 2.00 bits per heavy atom. The average molecular weight is 290 g/mol. The highest BCUT2D eigenvalue weighted by Gasteiger charge is 2.48. The number of nitrogens with zero attached hydrogens (tertiary/aromatic N) is 2. The molecule has 0 bridgehead atoms. The summed E-state index contributed by atoms with van der Waals surface area (Å²) in [4.78, 5) is 27.1. The van der Waals surface area contributed by atoms with Crippen molar-refractivity contribution in [2.75, 3.05) is 37.7 Å². The summed E-state index contributed by atoms with van der Waals surface area (Å²) in [5.41, 5.74) is 0.00717. The molecule has 2 aliphatic heterocycles. The Morgan fingerprint density at radius 3 is 2.71 bits per heavy atom. The zero-order valence-corrected chi connectivity index (χ0v) is 11.9. The summed E-state index contributed by atoms with van der Waals surface area (Å²) in [6, 6.07) is 9.37. The van der Waals surface area contributed by atoms with Gasteiger partial charge in [-0.3, -0.25) is 9.69 Å². The largest absolute Gasteiger partial charge is 0.436 e. The highest BCUT2D eigenvalue weighted by molar-refractivity contribution is 5.90. The highest BCUT2D eigenvalue weighted by Crippen LogP contribution is 2.30. The standard InChI is InChI=1S/C15H18N2O4/c1-12(18)16-7-8-20-11-15(9-16)10-17(14(19)21-15)13-5-3-2-4-6-13/h2-6H,7-11H2,1H3/t15-/m1/s1. The topological polar surface area (TPSA) is 59.1 Å². The third-order valence-electron chi connectivity index (χ3n) is 3.83. The van der Waals surface area contributed by atoms with E-state index in [9.17, 15) is 9.59 Å². The third kappa shape index (κ3) is 2.71. The van der Waals surface area contributed by atoms with Crippen molar-refractivity contribution in [1.82, 2.24) is 4.90 Å². The van der Waals surface area contributed by atoms with Gasteiger partial charge in [0.15, 0.2) is 5.60 Å². The van der Waals surface area contributed by atoms with Crippen LogP contribution >= 0.6 is 0 Å². The van der Waals surface area contributed by atoms with E-state index in [1.54, 1.807) is 9.80 Å². The quantitative estimate of drug-likeness (QED) is 0.781. The Kier molecular flexibility index (Phi) is 3.55. The normalized spacial score (nSPS) is 25.9. The molecule has 2 saturated heterocycles. The lowest BCUT2D eigenvalue weighted by atomic mass is 10.0. The van der Waals surface area contributed by atoms with Crippen molar-refractivity contribution in [2.45, 2.75) is 12.5 Å². The molecule has 0 aliphatic carbocycles. The summed E-state index contributed by atoms with van der Waals surface area (Å²) in [6.45, 7) is 3.58. The zero-order valence-electron chi connectivity index (χ0n) is 11.9. The van der Waals surface area contributed by atoms with E-state index in [1.165, 1.54) is 6.92 Å². The maximum absolute atomic E-state index is 12.2. The molecule has 0 N–H and O–H groups in total. The first kappa shape index (κ1) is 13.9. The van der Waals surface area contributed by atoms with Gasteiger partial charge in [0.1, 0.15) is 0 Å². The van der Waals surface area contributed by atoms with Gasteiger partial charge in [0.25, 0.3) is 0 Å². The van der Waals surface area contributed by atoms with Crippen LogP contribution in [0.4, 0.5) is 10.5 Å². The molecular formula is C15H18N2O4. The molecule has 2 aliphatic rings.